The molecule has 0 saturated heterocycles. The van der Waals surface area contributed by atoms with Crippen LogP contribution in [0.25, 0.3) is 0 Å². The van der Waals surface area contributed by atoms with Crippen molar-refractivity contribution in [1.82, 2.24) is 10.6 Å². The number of amides is 1. The molecule has 0 bridgehead atoms. The van der Waals surface area contributed by atoms with Crippen LogP contribution in [-0.4, -0.2) is 32.2 Å². The number of benzene rings is 1. The maximum Gasteiger partial charge on any atom is 0.233 e. The molecule has 0 saturated carbocycles. The molecule has 5 heteroatoms. The van der Waals surface area contributed by atoms with Crippen molar-refractivity contribution in [1.29, 1.82) is 0 Å². The Labute approximate surface area is 168 Å². The molecule has 2 aliphatic rings. The predicted octanol–water partition coefficient (Wildman–Crippen LogP) is 4.14. The Morgan fingerprint density at radius 2 is 1.93 bits per heavy atom. The van der Waals surface area contributed by atoms with E-state index >= 15 is 0 Å². The van der Waals surface area contributed by atoms with Gasteiger partial charge in [0.1, 0.15) is 0 Å². The molecule has 5 nitrogen and oxygen atoms in total. The molecule has 1 aliphatic carbocycles. The van der Waals surface area contributed by atoms with E-state index in [2.05, 4.69) is 36.6 Å². The minimum Gasteiger partial charge on any atom is -0.490 e. The van der Waals surface area contributed by atoms with Gasteiger partial charge in [-0.3, -0.25) is 4.79 Å². The summed E-state index contributed by atoms with van der Waals surface area (Å²) in [7, 11) is 0. The third-order valence-electron chi connectivity index (χ3n) is 5.43. The van der Waals surface area contributed by atoms with Crippen LogP contribution in [0.1, 0.15) is 64.0 Å². The van der Waals surface area contributed by atoms with Crippen LogP contribution < -0.4 is 20.1 Å². The van der Waals surface area contributed by atoms with E-state index in [-0.39, 0.29) is 11.9 Å². The lowest BCUT2D eigenvalue weighted by Crippen LogP contribution is -2.37. The lowest BCUT2D eigenvalue weighted by atomic mass is 9.95. The summed E-state index contributed by atoms with van der Waals surface area (Å²) in [6.45, 7) is 6.73. The number of carbonyl (C=O) groups excluding carboxylic acids is 1. The van der Waals surface area contributed by atoms with Crippen LogP contribution in [-0.2, 0) is 4.79 Å². The SMILES string of the molecule is CC(C)[C@H](NCC(=O)NCCC1=CCCCC1)c1ccc2c(c1)OCCCO2. The average molecular weight is 387 g/mol. The number of hydrogen-bond acceptors (Lipinski definition) is 4. The van der Waals surface area contributed by atoms with Gasteiger partial charge in [0, 0.05) is 19.0 Å². The van der Waals surface area contributed by atoms with Crippen molar-refractivity contribution >= 4 is 5.91 Å². The van der Waals surface area contributed by atoms with Crippen LogP contribution in [0.3, 0.4) is 0 Å². The molecule has 0 radical (unpaired) electrons. The van der Waals surface area contributed by atoms with Crippen LogP contribution in [0.5, 0.6) is 11.5 Å². The number of ether oxygens (including phenoxy) is 2. The third kappa shape index (κ3) is 5.99. The third-order valence-corrected chi connectivity index (χ3v) is 5.43. The maximum absolute atomic E-state index is 12.3. The zero-order valence-electron chi connectivity index (χ0n) is 17.3. The summed E-state index contributed by atoms with van der Waals surface area (Å²) >= 11 is 0. The summed E-state index contributed by atoms with van der Waals surface area (Å²) in [5.41, 5.74) is 2.62. The maximum atomic E-state index is 12.3. The van der Waals surface area contributed by atoms with Gasteiger partial charge >= 0.3 is 0 Å². The van der Waals surface area contributed by atoms with Crippen molar-refractivity contribution in [2.45, 2.75) is 58.4 Å². The number of carbonyl (C=O) groups is 1. The minimum atomic E-state index is 0.0522. The highest BCUT2D eigenvalue weighted by Crippen LogP contribution is 2.34. The Balaban J connectivity index is 1.51. The molecule has 0 aromatic heterocycles. The van der Waals surface area contributed by atoms with E-state index in [0.717, 1.165) is 36.4 Å². The summed E-state index contributed by atoms with van der Waals surface area (Å²) in [4.78, 5) is 12.3. The molecule has 0 unspecified atom stereocenters. The van der Waals surface area contributed by atoms with E-state index in [1.54, 1.807) is 0 Å². The first kappa shape index (κ1) is 20.7. The molecule has 3 rings (SSSR count). The smallest absolute Gasteiger partial charge is 0.233 e. The lowest BCUT2D eigenvalue weighted by Gasteiger charge is -2.24. The molecule has 154 valence electrons. The van der Waals surface area contributed by atoms with Crippen LogP contribution in [0.15, 0.2) is 29.8 Å². The summed E-state index contributed by atoms with van der Waals surface area (Å²) in [5.74, 6) is 2.01. The Bertz CT molecular complexity index is 684. The second kappa shape index (κ2) is 10.5. The molecule has 1 amide bonds. The molecular weight excluding hydrogens is 352 g/mol. The normalized spacial score (nSPS) is 17.6. The zero-order chi connectivity index (χ0) is 19.8. The first-order valence-electron chi connectivity index (χ1n) is 10.7. The van der Waals surface area contributed by atoms with Gasteiger partial charge in [-0.25, -0.2) is 0 Å². The van der Waals surface area contributed by atoms with Crippen molar-refractivity contribution in [3.05, 3.63) is 35.4 Å². The highest BCUT2D eigenvalue weighted by Gasteiger charge is 2.19. The Hall–Kier alpha value is -2.01. The minimum absolute atomic E-state index is 0.0522. The van der Waals surface area contributed by atoms with Gasteiger partial charge in [0.25, 0.3) is 0 Å². The van der Waals surface area contributed by atoms with Crippen molar-refractivity contribution in [3.63, 3.8) is 0 Å². The van der Waals surface area contributed by atoms with E-state index < -0.39 is 0 Å². The summed E-state index contributed by atoms with van der Waals surface area (Å²) < 4.78 is 11.5. The van der Waals surface area contributed by atoms with Gasteiger partial charge < -0.3 is 20.1 Å². The first-order valence-corrected chi connectivity index (χ1v) is 10.7. The molecule has 0 fully saturated rings. The highest BCUT2D eigenvalue weighted by molar-refractivity contribution is 5.78. The largest absolute Gasteiger partial charge is 0.490 e. The van der Waals surface area contributed by atoms with Gasteiger partial charge in [-0.2, -0.15) is 0 Å². The Morgan fingerprint density at radius 3 is 2.68 bits per heavy atom. The van der Waals surface area contributed by atoms with E-state index in [1.165, 1.54) is 31.3 Å². The number of allylic oxidation sites excluding steroid dienone is 1. The fourth-order valence-electron chi connectivity index (χ4n) is 3.87. The second-order valence-electron chi connectivity index (χ2n) is 8.07. The van der Waals surface area contributed by atoms with E-state index in [9.17, 15) is 4.79 Å². The fraction of sp³-hybridized carbons (Fsp3) is 0.609. The monoisotopic (exact) mass is 386 g/mol. The van der Waals surface area contributed by atoms with Crippen LogP contribution in [0.4, 0.5) is 0 Å². The molecule has 0 spiro atoms. The van der Waals surface area contributed by atoms with E-state index in [4.69, 9.17) is 9.47 Å². The first-order chi connectivity index (χ1) is 13.6. The molecule has 28 heavy (non-hydrogen) atoms. The summed E-state index contributed by atoms with van der Waals surface area (Å²) in [5, 5.41) is 6.47. The van der Waals surface area contributed by atoms with Gasteiger partial charge in [-0.15, -0.1) is 0 Å². The average Bonchev–Trinajstić information content (AvgIpc) is 2.94. The molecule has 1 atom stereocenters. The Morgan fingerprint density at radius 1 is 1.11 bits per heavy atom. The van der Waals surface area contributed by atoms with Gasteiger partial charge in [0.2, 0.25) is 5.91 Å². The number of rotatable bonds is 8. The molecule has 1 aromatic carbocycles. The Kier molecular flexibility index (Phi) is 7.78. The number of fused-ring (bicyclic) bond motifs is 1. The fourth-order valence-corrected chi connectivity index (χ4v) is 3.87. The van der Waals surface area contributed by atoms with Crippen molar-refractivity contribution < 1.29 is 14.3 Å². The van der Waals surface area contributed by atoms with Gasteiger partial charge in [-0.1, -0.05) is 31.6 Å². The summed E-state index contributed by atoms with van der Waals surface area (Å²) in [6.07, 6.45) is 9.18. The van der Waals surface area contributed by atoms with Gasteiger partial charge in [-0.05, 0) is 55.7 Å². The van der Waals surface area contributed by atoms with E-state index in [0.29, 0.717) is 25.7 Å². The van der Waals surface area contributed by atoms with Crippen molar-refractivity contribution in [3.8, 4) is 11.5 Å². The second-order valence-corrected chi connectivity index (χ2v) is 8.07. The van der Waals surface area contributed by atoms with Crippen molar-refractivity contribution in [2.75, 3.05) is 26.3 Å². The molecular formula is C23H34N2O3. The van der Waals surface area contributed by atoms with Crippen LogP contribution in [0.2, 0.25) is 0 Å². The van der Waals surface area contributed by atoms with Gasteiger partial charge in [0.15, 0.2) is 11.5 Å². The zero-order valence-corrected chi connectivity index (χ0v) is 17.3. The quantitative estimate of drug-likeness (QED) is 0.659. The van der Waals surface area contributed by atoms with E-state index in [1.807, 2.05) is 12.1 Å². The lowest BCUT2D eigenvalue weighted by molar-refractivity contribution is -0.120. The molecule has 2 N–H and O–H groups in total. The van der Waals surface area contributed by atoms with Crippen LogP contribution in [0, 0.1) is 5.92 Å². The molecule has 1 aliphatic heterocycles. The number of nitrogens with one attached hydrogen (secondary N) is 2. The highest BCUT2D eigenvalue weighted by atomic mass is 16.5. The molecule has 1 heterocycles. The standard InChI is InChI=1S/C23H34N2O3/c1-17(2)23(19-9-10-20-21(15-19)28-14-6-13-27-20)25-16-22(26)24-12-11-18-7-4-3-5-8-18/h7,9-10,15,17,23,25H,3-6,8,11-14,16H2,1-2H3,(H,24,26)/t23-/m0/s1. The number of hydrogen-bond donors (Lipinski definition) is 2. The van der Waals surface area contributed by atoms with Crippen LogP contribution >= 0.6 is 0 Å². The van der Waals surface area contributed by atoms with Gasteiger partial charge in [0.05, 0.1) is 19.8 Å². The molecule has 1 aromatic rings. The summed E-state index contributed by atoms with van der Waals surface area (Å²) in [6, 6.07) is 6.18. The van der Waals surface area contributed by atoms with Crippen molar-refractivity contribution in [2.24, 2.45) is 5.92 Å². The predicted molar refractivity (Wildman–Crippen MR) is 112 cm³/mol. The topological polar surface area (TPSA) is 59.6 Å².